The average molecular weight is 474 g/mol. The second kappa shape index (κ2) is 23.6. The smallest absolute Gasteiger partial charge is 0.333 e. The molecule has 0 spiro atoms. The van der Waals surface area contributed by atoms with Gasteiger partial charge in [0.2, 0.25) is 0 Å². The zero-order valence-corrected chi connectivity index (χ0v) is 23.0. The molecule has 0 aromatic heterocycles. The molecule has 0 saturated carbocycles. The van der Waals surface area contributed by atoms with Crippen LogP contribution in [0.25, 0.3) is 0 Å². The number of nitrogens with zero attached hydrogens (tertiary/aromatic N) is 1. The summed E-state index contributed by atoms with van der Waals surface area (Å²) in [7, 11) is 0. The fraction of sp³-hybridized carbons (Fsp3) is 0.893. The van der Waals surface area contributed by atoms with Crippen molar-refractivity contribution in [2.24, 2.45) is 0 Å². The summed E-state index contributed by atoms with van der Waals surface area (Å²) in [6.45, 7) is 17.0. The van der Waals surface area contributed by atoms with Crippen LogP contribution in [0.15, 0.2) is 12.2 Å². The lowest BCUT2D eigenvalue weighted by molar-refractivity contribution is -0.925. The van der Waals surface area contributed by atoms with Gasteiger partial charge in [0.05, 0.1) is 19.6 Å². The summed E-state index contributed by atoms with van der Waals surface area (Å²) in [4.78, 5) is 11.6. The number of unbranched alkanes of at least 4 members (excludes halogenated alkanes) is 15. The van der Waals surface area contributed by atoms with Crippen LogP contribution in [0.2, 0.25) is 0 Å². The van der Waals surface area contributed by atoms with Gasteiger partial charge in [0.25, 0.3) is 0 Å². The number of carbonyl (C=O) groups excluding carboxylic acids is 1. The second-order valence-electron chi connectivity index (χ2n) is 9.64. The Balaban J connectivity index is 0. The predicted octanol–water partition coefficient (Wildman–Crippen LogP) is 5.23. The molecule has 0 amide bonds. The summed E-state index contributed by atoms with van der Waals surface area (Å²) in [6.07, 6.45) is 22.6. The number of ether oxygens (including phenoxy) is 1. The van der Waals surface area contributed by atoms with E-state index in [1.165, 1.54) is 109 Å². The first kappa shape index (κ1) is 33.6. The highest BCUT2D eigenvalue weighted by Gasteiger charge is 2.23. The van der Waals surface area contributed by atoms with Crippen molar-refractivity contribution in [2.75, 3.05) is 32.8 Å². The Labute approximate surface area is 207 Å². The van der Waals surface area contributed by atoms with Gasteiger partial charge in [-0.2, -0.15) is 0 Å². The molecule has 0 fully saturated rings. The van der Waals surface area contributed by atoms with Crippen molar-refractivity contribution < 1.29 is 26.4 Å². The van der Waals surface area contributed by atoms with Crippen LogP contribution in [-0.4, -0.2) is 43.2 Å². The van der Waals surface area contributed by atoms with Gasteiger partial charge in [0, 0.05) is 5.57 Å². The van der Waals surface area contributed by atoms with E-state index in [0.717, 1.165) is 24.1 Å². The third-order valence-electron chi connectivity index (χ3n) is 6.97. The third-order valence-corrected chi connectivity index (χ3v) is 6.97. The van der Waals surface area contributed by atoms with Gasteiger partial charge in [-0.1, -0.05) is 103 Å². The average Bonchev–Trinajstić information content (AvgIpc) is 2.77. The Morgan fingerprint density at radius 2 is 1.03 bits per heavy atom. The van der Waals surface area contributed by atoms with Gasteiger partial charge in [-0.25, -0.2) is 4.79 Å². The standard InChI is InChI=1S/C28H56NO2.ClH/c1-6-9-10-11-12-13-14-15-16-17-18-19-20-21-22-23-24-29(7-2,8-3)25-26-31-28(30)27(4)5;/h4,6-26H2,1-3,5H3;1H/q+1;/p-1. The molecule has 192 valence electrons. The largest absolute Gasteiger partial charge is 1.00 e. The first-order valence-electron chi connectivity index (χ1n) is 13.7. The lowest BCUT2D eigenvalue weighted by atomic mass is 10.0. The number of rotatable bonds is 23. The molecule has 0 bridgehead atoms. The topological polar surface area (TPSA) is 26.3 Å². The Bertz CT molecular complexity index is 435. The van der Waals surface area contributed by atoms with Gasteiger partial charge < -0.3 is 21.6 Å². The first-order valence-corrected chi connectivity index (χ1v) is 13.7. The van der Waals surface area contributed by atoms with Gasteiger partial charge in [-0.15, -0.1) is 0 Å². The minimum absolute atomic E-state index is 0. The SMILES string of the molecule is C=C(C)C(=O)OCC[N+](CC)(CC)CCCCCCCCCCCCCCCCCC.[Cl-]. The second-order valence-corrected chi connectivity index (χ2v) is 9.64. The van der Waals surface area contributed by atoms with E-state index in [1.807, 2.05) is 0 Å². The van der Waals surface area contributed by atoms with Crippen LogP contribution in [0.1, 0.15) is 130 Å². The van der Waals surface area contributed by atoms with Crippen molar-refractivity contribution >= 4 is 5.97 Å². The molecule has 0 saturated heterocycles. The summed E-state index contributed by atoms with van der Waals surface area (Å²) in [6, 6.07) is 0. The molecule has 32 heavy (non-hydrogen) atoms. The van der Waals surface area contributed by atoms with E-state index in [1.54, 1.807) is 6.92 Å². The molecule has 0 radical (unpaired) electrons. The number of quaternary nitrogens is 1. The number of esters is 1. The van der Waals surface area contributed by atoms with Gasteiger partial charge in [-0.05, 0) is 33.6 Å². The Morgan fingerprint density at radius 3 is 1.38 bits per heavy atom. The lowest BCUT2D eigenvalue weighted by Gasteiger charge is -2.36. The van der Waals surface area contributed by atoms with Crippen molar-refractivity contribution in [1.29, 1.82) is 0 Å². The van der Waals surface area contributed by atoms with Crippen LogP contribution < -0.4 is 12.4 Å². The highest BCUT2D eigenvalue weighted by Crippen LogP contribution is 2.15. The molecule has 4 heteroatoms. The van der Waals surface area contributed by atoms with Crippen molar-refractivity contribution in [2.45, 2.75) is 130 Å². The summed E-state index contributed by atoms with van der Waals surface area (Å²) < 4.78 is 6.40. The van der Waals surface area contributed by atoms with E-state index < -0.39 is 0 Å². The molecule has 0 aromatic carbocycles. The number of carbonyl (C=O) groups is 1. The minimum Gasteiger partial charge on any atom is -1.00 e. The number of halogens is 1. The molecule has 0 heterocycles. The lowest BCUT2D eigenvalue weighted by Crippen LogP contribution is -3.00. The van der Waals surface area contributed by atoms with E-state index in [9.17, 15) is 4.79 Å². The van der Waals surface area contributed by atoms with Crippen LogP contribution in [0, 0.1) is 0 Å². The Hall–Kier alpha value is -0.540. The molecule has 0 rings (SSSR count). The van der Waals surface area contributed by atoms with Crippen LogP contribution >= 0.6 is 0 Å². The zero-order chi connectivity index (χ0) is 23.2. The van der Waals surface area contributed by atoms with Crippen LogP contribution in [-0.2, 0) is 9.53 Å². The molecule has 0 N–H and O–H groups in total. The molecule has 0 atom stereocenters. The number of hydrogen-bond donors (Lipinski definition) is 0. The zero-order valence-electron chi connectivity index (χ0n) is 22.2. The van der Waals surface area contributed by atoms with E-state index in [2.05, 4.69) is 27.4 Å². The van der Waals surface area contributed by atoms with E-state index in [-0.39, 0.29) is 18.4 Å². The summed E-state index contributed by atoms with van der Waals surface area (Å²) >= 11 is 0. The summed E-state index contributed by atoms with van der Waals surface area (Å²) in [5.41, 5.74) is 0.490. The monoisotopic (exact) mass is 473 g/mol. The van der Waals surface area contributed by atoms with E-state index in [4.69, 9.17) is 4.74 Å². The maximum absolute atomic E-state index is 11.6. The fourth-order valence-corrected chi connectivity index (χ4v) is 4.42. The van der Waals surface area contributed by atoms with Crippen molar-refractivity contribution in [3.05, 3.63) is 12.2 Å². The highest BCUT2D eigenvalue weighted by molar-refractivity contribution is 5.86. The summed E-state index contributed by atoms with van der Waals surface area (Å²) in [5, 5.41) is 0. The van der Waals surface area contributed by atoms with E-state index in [0.29, 0.717) is 12.2 Å². The molecule has 0 aliphatic heterocycles. The van der Waals surface area contributed by atoms with Crippen LogP contribution in [0.5, 0.6) is 0 Å². The van der Waals surface area contributed by atoms with Crippen molar-refractivity contribution in [3.63, 3.8) is 0 Å². The maximum atomic E-state index is 11.6. The van der Waals surface area contributed by atoms with Gasteiger partial charge in [-0.3, -0.25) is 0 Å². The highest BCUT2D eigenvalue weighted by atomic mass is 35.5. The number of likely N-dealkylation sites (N-methyl/N-ethyl adjacent to an activating group) is 1. The molecule has 0 unspecified atom stereocenters. The van der Waals surface area contributed by atoms with Crippen molar-refractivity contribution in [3.8, 4) is 0 Å². The predicted molar refractivity (Wildman–Crippen MR) is 136 cm³/mol. The molecule has 3 nitrogen and oxygen atoms in total. The molecular weight excluding hydrogens is 418 g/mol. The van der Waals surface area contributed by atoms with Crippen molar-refractivity contribution in [1.82, 2.24) is 0 Å². The Kier molecular flexibility index (Phi) is 24.8. The number of hydrogen-bond acceptors (Lipinski definition) is 2. The normalized spacial score (nSPS) is 11.2. The maximum Gasteiger partial charge on any atom is 0.333 e. The molecular formula is C28H56ClNO2. The minimum atomic E-state index is -0.257. The first-order chi connectivity index (χ1) is 15.0. The third kappa shape index (κ3) is 19.0. The van der Waals surface area contributed by atoms with Gasteiger partial charge >= 0.3 is 5.97 Å². The van der Waals surface area contributed by atoms with Gasteiger partial charge in [0.15, 0.2) is 0 Å². The summed E-state index contributed by atoms with van der Waals surface area (Å²) in [5.74, 6) is -0.257. The molecule has 0 aliphatic rings. The molecule has 0 aromatic rings. The fourth-order valence-electron chi connectivity index (χ4n) is 4.42. The van der Waals surface area contributed by atoms with Gasteiger partial charge in [0.1, 0.15) is 13.2 Å². The molecule has 0 aliphatic carbocycles. The Morgan fingerprint density at radius 1 is 0.656 bits per heavy atom. The van der Waals surface area contributed by atoms with Crippen LogP contribution in [0.3, 0.4) is 0 Å². The van der Waals surface area contributed by atoms with E-state index >= 15 is 0 Å². The quantitative estimate of drug-likeness (QED) is 0.0878. The van der Waals surface area contributed by atoms with Crippen LogP contribution in [0.4, 0.5) is 0 Å².